The lowest BCUT2D eigenvalue weighted by molar-refractivity contribution is 0.0112. The summed E-state index contributed by atoms with van der Waals surface area (Å²) in [5, 5.41) is 10.7. The van der Waals surface area contributed by atoms with Gasteiger partial charge in [0.05, 0.1) is 16.8 Å². The van der Waals surface area contributed by atoms with E-state index in [2.05, 4.69) is 38.4 Å². The van der Waals surface area contributed by atoms with Crippen LogP contribution in [0.3, 0.4) is 0 Å². The van der Waals surface area contributed by atoms with E-state index in [-0.39, 0.29) is 17.9 Å². The summed E-state index contributed by atoms with van der Waals surface area (Å²) in [6.07, 6.45) is 0.608. The molecule has 1 atom stereocenters. The molecule has 0 fully saturated rings. The van der Waals surface area contributed by atoms with Gasteiger partial charge in [0.15, 0.2) is 5.60 Å². The van der Waals surface area contributed by atoms with E-state index in [1.165, 1.54) is 0 Å². The van der Waals surface area contributed by atoms with Crippen LogP contribution in [0.2, 0.25) is 5.02 Å². The summed E-state index contributed by atoms with van der Waals surface area (Å²) in [6.45, 7) is 7.64. The van der Waals surface area contributed by atoms with Crippen LogP contribution in [0.25, 0.3) is 0 Å². The van der Waals surface area contributed by atoms with Crippen LogP contribution in [0.5, 0.6) is 0 Å². The summed E-state index contributed by atoms with van der Waals surface area (Å²) in [4.78, 5) is 32.1. The molecule has 6 nitrogen and oxygen atoms in total. The molecular weight excluding hydrogens is 589 g/mol. The summed E-state index contributed by atoms with van der Waals surface area (Å²) in [6, 6.07) is 18.6. The highest BCUT2D eigenvalue weighted by atomic mass is 127. The minimum Gasteiger partial charge on any atom is -0.379 e. The molecule has 0 aromatic heterocycles. The molecule has 1 aliphatic heterocycles. The first-order valence-corrected chi connectivity index (χ1v) is 13.1. The van der Waals surface area contributed by atoms with Gasteiger partial charge < -0.3 is 15.5 Å². The topological polar surface area (TPSA) is 79.8 Å². The average molecular weight is 616 g/mol. The zero-order valence-corrected chi connectivity index (χ0v) is 23.4. The molecule has 0 radical (unpaired) electrons. The second-order valence-electron chi connectivity index (χ2n) is 9.20. The largest absolute Gasteiger partial charge is 0.379 e. The predicted molar refractivity (Wildman–Crippen MR) is 152 cm³/mol. The minimum atomic E-state index is -0.764. The molecule has 3 aromatic carbocycles. The van der Waals surface area contributed by atoms with Crippen LogP contribution >= 0.6 is 34.2 Å². The van der Waals surface area contributed by atoms with Crippen molar-refractivity contribution < 1.29 is 14.4 Å². The molecular formula is C28H27ClIN3O3. The maximum atomic E-state index is 13.3. The van der Waals surface area contributed by atoms with Crippen molar-refractivity contribution in [2.24, 2.45) is 5.16 Å². The first-order chi connectivity index (χ1) is 17.1. The molecule has 0 aliphatic carbocycles. The monoisotopic (exact) mass is 615 g/mol. The summed E-state index contributed by atoms with van der Waals surface area (Å²) >= 11 is 8.19. The predicted octanol–water partition coefficient (Wildman–Crippen LogP) is 6.68. The normalized spacial score (nSPS) is 16.9. The molecule has 8 heteroatoms. The molecule has 0 saturated heterocycles. The van der Waals surface area contributed by atoms with Crippen molar-refractivity contribution in [2.75, 3.05) is 5.32 Å². The van der Waals surface area contributed by atoms with Crippen LogP contribution in [0, 0.1) is 10.5 Å². The fourth-order valence-electron chi connectivity index (χ4n) is 4.30. The van der Waals surface area contributed by atoms with Crippen molar-refractivity contribution in [2.45, 2.75) is 45.8 Å². The number of carbonyl (C=O) groups excluding carboxylic acids is 2. The van der Waals surface area contributed by atoms with Crippen LogP contribution in [0.1, 0.15) is 64.6 Å². The zero-order valence-electron chi connectivity index (χ0n) is 20.5. The molecule has 1 unspecified atom stereocenters. The number of hydrogen-bond acceptors (Lipinski definition) is 4. The van der Waals surface area contributed by atoms with Gasteiger partial charge in [-0.3, -0.25) is 9.59 Å². The smallest absolute Gasteiger partial charge is 0.256 e. The number of oxime groups is 1. The average Bonchev–Trinajstić information content (AvgIpc) is 3.22. The fourth-order valence-corrected chi connectivity index (χ4v) is 5.17. The van der Waals surface area contributed by atoms with Crippen molar-refractivity contribution in [3.05, 3.63) is 97.1 Å². The van der Waals surface area contributed by atoms with E-state index in [9.17, 15) is 9.59 Å². The summed E-state index contributed by atoms with van der Waals surface area (Å²) < 4.78 is 0.712. The van der Waals surface area contributed by atoms with Crippen LogP contribution in [0.4, 0.5) is 5.69 Å². The summed E-state index contributed by atoms with van der Waals surface area (Å²) in [5.41, 5.74) is 4.21. The van der Waals surface area contributed by atoms with E-state index in [4.69, 9.17) is 16.4 Å². The SMILES string of the molecule is CC1=NOC(c2ccc(Cl)cc2)(c2ccc(NC(=O)c3cccc(I)c3C(=O)NC(C)C)c(C)c2)C1. The Kier molecular flexibility index (Phi) is 7.70. The van der Waals surface area contributed by atoms with E-state index < -0.39 is 5.60 Å². The maximum absolute atomic E-state index is 13.3. The highest BCUT2D eigenvalue weighted by molar-refractivity contribution is 14.1. The highest BCUT2D eigenvalue weighted by Crippen LogP contribution is 2.42. The van der Waals surface area contributed by atoms with Crippen molar-refractivity contribution in [3.63, 3.8) is 0 Å². The molecule has 0 saturated carbocycles. The molecule has 4 rings (SSSR count). The molecule has 1 heterocycles. The molecule has 36 heavy (non-hydrogen) atoms. The minimum absolute atomic E-state index is 0.0439. The molecule has 186 valence electrons. The summed E-state index contributed by atoms with van der Waals surface area (Å²) in [5.74, 6) is -0.618. The number of benzene rings is 3. The number of halogens is 2. The van der Waals surface area contributed by atoms with E-state index in [0.717, 1.165) is 22.4 Å². The van der Waals surface area contributed by atoms with E-state index in [1.807, 2.05) is 76.2 Å². The number of rotatable bonds is 6. The molecule has 2 N–H and O–H groups in total. The van der Waals surface area contributed by atoms with E-state index in [0.29, 0.717) is 31.8 Å². The van der Waals surface area contributed by atoms with Gasteiger partial charge in [0.25, 0.3) is 11.8 Å². The number of carbonyl (C=O) groups is 2. The fraction of sp³-hybridized carbons (Fsp3) is 0.250. The van der Waals surface area contributed by atoms with Crippen molar-refractivity contribution in [1.82, 2.24) is 5.32 Å². The Morgan fingerprint density at radius 2 is 1.72 bits per heavy atom. The Hall–Kier alpha value is -2.91. The Morgan fingerprint density at radius 3 is 2.33 bits per heavy atom. The van der Waals surface area contributed by atoms with Gasteiger partial charge in [-0.2, -0.15) is 0 Å². The molecule has 3 aromatic rings. The van der Waals surface area contributed by atoms with Crippen LogP contribution in [0.15, 0.2) is 65.8 Å². The lowest BCUT2D eigenvalue weighted by atomic mass is 9.82. The number of nitrogens with one attached hydrogen (secondary N) is 2. The van der Waals surface area contributed by atoms with Crippen molar-refractivity contribution in [3.8, 4) is 0 Å². The number of amides is 2. The molecule has 1 aliphatic rings. The Morgan fingerprint density at radius 1 is 1.03 bits per heavy atom. The number of nitrogens with zero attached hydrogens (tertiary/aromatic N) is 1. The lowest BCUT2D eigenvalue weighted by Gasteiger charge is -2.28. The molecule has 2 amide bonds. The van der Waals surface area contributed by atoms with Crippen molar-refractivity contribution in [1.29, 1.82) is 0 Å². The maximum Gasteiger partial charge on any atom is 0.256 e. The third-order valence-electron chi connectivity index (χ3n) is 6.02. The molecule has 0 spiro atoms. The second kappa shape index (κ2) is 10.6. The van der Waals surface area contributed by atoms with Gasteiger partial charge >= 0.3 is 0 Å². The second-order valence-corrected chi connectivity index (χ2v) is 10.8. The number of anilines is 1. The Balaban J connectivity index is 1.65. The molecule has 0 bridgehead atoms. The van der Waals surface area contributed by atoms with Crippen LogP contribution < -0.4 is 10.6 Å². The van der Waals surface area contributed by atoms with E-state index in [1.54, 1.807) is 12.1 Å². The lowest BCUT2D eigenvalue weighted by Crippen LogP contribution is -2.32. The van der Waals surface area contributed by atoms with Crippen molar-refractivity contribution >= 4 is 57.4 Å². The summed E-state index contributed by atoms with van der Waals surface area (Å²) in [7, 11) is 0. The number of aryl methyl sites for hydroxylation is 1. The Labute approximate surface area is 229 Å². The highest BCUT2D eigenvalue weighted by Gasteiger charge is 2.42. The zero-order chi connectivity index (χ0) is 26.0. The van der Waals surface area contributed by atoms with Gasteiger partial charge in [-0.15, -0.1) is 0 Å². The van der Waals surface area contributed by atoms with Crippen LogP contribution in [-0.4, -0.2) is 23.6 Å². The Bertz CT molecular complexity index is 1350. The first kappa shape index (κ1) is 26.2. The van der Waals surface area contributed by atoms with Gasteiger partial charge in [0.1, 0.15) is 0 Å². The van der Waals surface area contributed by atoms with Gasteiger partial charge in [-0.25, -0.2) is 0 Å². The standard InChI is InChI=1S/C28H27ClIN3O3/c1-16(2)31-27(35)25-22(6-5-7-23(25)30)26(34)32-24-13-10-20(14-17(24)3)28(15-18(4)33-36-28)19-8-11-21(29)12-9-19/h5-14,16H,15H2,1-4H3,(H,31,35)(H,32,34). The van der Waals surface area contributed by atoms with Gasteiger partial charge in [0.2, 0.25) is 0 Å². The quantitative estimate of drug-likeness (QED) is 0.304. The first-order valence-electron chi connectivity index (χ1n) is 11.6. The number of hydrogen-bond donors (Lipinski definition) is 2. The van der Waals surface area contributed by atoms with Gasteiger partial charge in [-0.05, 0) is 92.2 Å². The van der Waals surface area contributed by atoms with Gasteiger partial charge in [0, 0.05) is 37.9 Å². The van der Waals surface area contributed by atoms with Gasteiger partial charge in [-0.1, -0.05) is 41.0 Å². The third kappa shape index (κ3) is 5.27. The van der Waals surface area contributed by atoms with Crippen LogP contribution in [-0.2, 0) is 10.4 Å². The van der Waals surface area contributed by atoms with E-state index >= 15 is 0 Å². The third-order valence-corrected chi connectivity index (χ3v) is 7.17.